The van der Waals surface area contributed by atoms with E-state index in [4.69, 9.17) is 10.3 Å². The maximum absolute atomic E-state index is 14.2. The quantitative estimate of drug-likeness (QED) is 0.136. The van der Waals surface area contributed by atoms with Gasteiger partial charge in [-0.1, -0.05) is 39.8 Å². The highest BCUT2D eigenvalue weighted by Gasteiger charge is 2.40. The fourth-order valence-corrected chi connectivity index (χ4v) is 9.09. The van der Waals surface area contributed by atoms with Gasteiger partial charge in [0.1, 0.15) is 42.0 Å². The van der Waals surface area contributed by atoms with Crippen molar-refractivity contribution in [3.63, 3.8) is 0 Å². The second-order valence-corrected chi connectivity index (χ2v) is 20.1. The maximum Gasteiger partial charge on any atom is 0.394 e. The Morgan fingerprint density at radius 1 is 0.852 bits per heavy atom. The van der Waals surface area contributed by atoms with Crippen LogP contribution in [0.15, 0.2) is 24.3 Å². The minimum Gasteiger partial charge on any atom is -0.422 e. The van der Waals surface area contributed by atoms with Crippen molar-refractivity contribution in [2.24, 2.45) is 17.6 Å². The molecule has 0 radical (unpaired) electrons. The fraction of sp³-hybridized carbons (Fsp3) is 0.641. The summed E-state index contributed by atoms with van der Waals surface area (Å²) in [6.07, 6.45) is 0.199. The predicted octanol–water partition coefficient (Wildman–Crippen LogP) is -0.675. The molecule has 340 valence electrons. The first kappa shape index (κ1) is 50.6. The summed E-state index contributed by atoms with van der Waals surface area (Å²) in [5, 5.41) is 16.1. The van der Waals surface area contributed by atoms with Gasteiger partial charge in [-0.2, -0.15) is 11.8 Å². The number of thioether (sulfide) groups is 1. The summed E-state index contributed by atoms with van der Waals surface area (Å²) in [5.41, 5.74) is 6.04. The number of fused-ring (bicyclic) bond motifs is 1. The Morgan fingerprint density at radius 3 is 1.98 bits per heavy atom. The molecule has 0 spiro atoms. The maximum atomic E-state index is 14.2. The number of rotatable bonds is 11. The molecule has 20 nitrogen and oxygen atoms in total. The summed E-state index contributed by atoms with van der Waals surface area (Å²) < 4.78 is 22.2. The Balaban J connectivity index is 2.03. The highest BCUT2D eigenvalue weighted by Crippen LogP contribution is 2.50. The summed E-state index contributed by atoms with van der Waals surface area (Å²) in [7, 11) is 3.08. The Kier molecular flexibility index (Phi) is 19.0. The van der Waals surface area contributed by atoms with E-state index in [1.54, 1.807) is 80.2 Å². The van der Waals surface area contributed by atoms with Crippen LogP contribution >= 0.6 is 19.4 Å². The SMILES string of the molecule is CC(=O)N[C@@H]1CSCCNC(=O)[C@@H]2CCCN2C(=O)[C@H](C(C)C)NC(=O)[C@H](CC(N)=O)NC(=O)[C@H](C(C)C)NC(=O)[C@H](Cc2ccc(OP(=O)(N(C)C)N(C)C)cc2)NC1=O. The summed E-state index contributed by atoms with van der Waals surface area (Å²) in [6.45, 7) is 8.40. The number of primary amides is 1. The van der Waals surface area contributed by atoms with Crippen molar-refractivity contribution < 1.29 is 47.4 Å². The Morgan fingerprint density at radius 2 is 1.43 bits per heavy atom. The number of nitrogens with two attached hydrogens (primary N) is 1. The molecule has 1 aromatic carbocycles. The van der Waals surface area contributed by atoms with Gasteiger partial charge in [-0.25, -0.2) is 13.9 Å². The van der Waals surface area contributed by atoms with E-state index in [0.29, 0.717) is 24.2 Å². The molecular weight excluding hydrogens is 832 g/mol. The normalized spacial score (nSPS) is 24.5. The van der Waals surface area contributed by atoms with Crippen LogP contribution in [0, 0.1) is 11.8 Å². The zero-order valence-corrected chi connectivity index (χ0v) is 38.2. The summed E-state index contributed by atoms with van der Waals surface area (Å²) in [6, 6.07) is -0.822. The number of carbonyl (C=O) groups is 8. The van der Waals surface area contributed by atoms with Gasteiger partial charge < -0.3 is 47.1 Å². The Bertz CT molecular complexity index is 1800. The number of nitrogens with zero attached hydrogens (tertiary/aromatic N) is 3. The van der Waals surface area contributed by atoms with Crippen LogP contribution < -0.4 is 42.2 Å². The van der Waals surface area contributed by atoms with E-state index in [0.717, 1.165) is 0 Å². The van der Waals surface area contributed by atoms with Crippen molar-refractivity contribution in [2.75, 3.05) is 52.8 Å². The highest BCUT2D eigenvalue weighted by molar-refractivity contribution is 7.99. The molecular formula is C39H63N10O10PS. The molecule has 0 unspecified atom stereocenters. The van der Waals surface area contributed by atoms with Crippen molar-refractivity contribution in [3.05, 3.63) is 29.8 Å². The van der Waals surface area contributed by atoms with E-state index in [9.17, 15) is 42.9 Å². The van der Waals surface area contributed by atoms with Crippen LogP contribution in [-0.2, 0) is 49.3 Å². The average molecular weight is 895 g/mol. The van der Waals surface area contributed by atoms with Gasteiger partial charge >= 0.3 is 7.67 Å². The molecule has 0 saturated carbocycles. The first-order valence-corrected chi connectivity index (χ1v) is 22.9. The minimum atomic E-state index is -3.40. The number of hydrogen-bond acceptors (Lipinski definition) is 11. The first-order valence-electron chi connectivity index (χ1n) is 20.2. The predicted molar refractivity (Wildman–Crippen MR) is 230 cm³/mol. The molecule has 8 amide bonds. The molecule has 0 aromatic heterocycles. The largest absolute Gasteiger partial charge is 0.422 e. The van der Waals surface area contributed by atoms with Crippen LogP contribution in [0.25, 0.3) is 0 Å². The third-order valence-electron chi connectivity index (χ3n) is 10.1. The highest BCUT2D eigenvalue weighted by atomic mass is 32.2. The Labute approximate surface area is 361 Å². The van der Waals surface area contributed by atoms with Crippen LogP contribution in [0.2, 0.25) is 0 Å². The lowest BCUT2D eigenvalue weighted by Crippen LogP contribution is -2.61. The van der Waals surface area contributed by atoms with Gasteiger partial charge in [0.15, 0.2) is 0 Å². The summed E-state index contributed by atoms with van der Waals surface area (Å²) >= 11 is 1.27. The van der Waals surface area contributed by atoms with Crippen molar-refractivity contribution in [1.29, 1.82) is 0 Å². The molecule has 0 aliphatic carbocycles. The van der Waals surface area contributed by atoms with Gasteiger partial charge in [-0.05, 0) is 70.6 Å². The molecule has 2 aliphatic heterocycles. The lowest BCUT2D eigenvalue weighted by molar-refractivity contribution is -0.143. The van der Waals surface area contributed by atoms with Gasteiger partial charge in [-0.3, -0.25) is 38.4 Å². The molecule has 6 atom stereocenters. The topological polar surface area (TPSA) is 271 Å². The molecule has 8 N–H and O–H groups in total. The average Bonchev–Trinajstić information content (AvgIpc) is 3.67. The van der Waals surface area contributed by atoms with Gasteiger partial charge in [0.05, 0.1) is 6.42 Å². The number of hydrogen-bond donors (Lipinski definition) is 7. The molecule has 2 fully saturated rings. The van der Waals surface area contributed by atoms with E-state index in [-0.39, 0.29) is 31.0 Å². The summed E-state index contributed by atoms with van der Waals surface area (Å²) in [4.78, 5) is 109. The third-order valence-corrected chi connectivity index (χ3v) is 13.6. The van der Waals surface area contributed by atoms with E-state index >= 15 is 0 Å². The second-order valence-electron chi connectivity index (χ2n) is 16.2. The van der Waals surface area contributed by atoms with E-state index in [2.05, 4.69) is 31.9 Å². The van der Waals surface area contributed by atoms with Gasteiger partial charge in [0.2, 0.25) is 47.3 Å². The molecule has 0 bridgehead atoms. The second kappa shape index (κ2) is 22.9. The van der Waals surface area contributed by atoms with Gasteiger partial charge in [0, 0.05) is 37.9 Å². The lowest BCUT2D eigenvalue weighted by atomic mass is 9.99. The molecule has 3 rings (SSSR count). The molecule has 2 saturated heterocycles. The van der Waals surface area contributed by atoms with Crippen molar-refractivity contribution >= 4 is 66.7 Å². The van der Waals surface area contributed by atoms with Crippen LogP contribution in [0.1, 0.15) is 59.4 Å². The molecule has 61 heavy (non-hydrogen) atoms. The monoisotopic (exact) mass is 894 g/mol. The van der Waals surface area contributed by atoms with Crippen molar-refractivity contribution in [2.45, 2.75) is 96.6 Å². The van der Waals surface area contributed by atoms with E-state index in [1.165, 1.54) is 32.9 Å². The van der Waals surface area contributed by atoms with Gasteiger partial charge in [-0.15, -0.1) is 0 Å². The van der Waals surface area contributed by atoms with Crippen LogP contribution in [0.4, 0.5) is 0 Å². The van der Waals surface area contributed by atoms with Crippen molar-refractivity contribution in [1.82, 2.24) is 46.1 Å². The number of amides is 8. The zero-order chi connectivity index (χ0) is 45.8. The Hall–Kier alpha value is -4.72. The van der Waals surface area contributed by atoms with Crippen LogP contribution in [-0.4, -0.2) is 151 Å². The van der Waals surface area contributed by atoms with Crippen LogP contribution in [0.5, 0.6) is 5.75 Å². The smallest absolute Gasteiger partial charge is 0.394 e. The fourth-order valence-electron chi connectivity index (χ4n) is 6.77. The van der Waals surface area contributed by atoms with Crippen LogP contribution in [0.3, 0.4) is 0 Å². The minimum absolute atomic E-state index is 0.0710. The van der Waals surface area contributed by atoms with E-state index in [1.807, 2.05) is 0 Å². The standard InChI is InChI=1S/C39H63N10O10PS/c1-22(2)32-38(56)44-28(20-31(40)51)35(53)46-33(23(3)4)39(57)49-17-10-11-30(49)37(55)41-16-18-61-21-29(42-24(5)50)36(54)43-27(34(52)45-32)19-25-12-14-26(15-13-25)59-60(58,47(6)7)48(8)9/h12-15,22-23,27-30,32-33H,10-11,16-21H2,1-9H3,(H2,40,51)(H,41,55)(H,42,50)(H,43,54)(H,44,56)(H,45,52)(H,46,53)/t27-,28-,29+,30-,32-,33-/m0/s1. The molecule has 22 heteroatoms. The third kappa shape index (κ3) is 14.4. The van der Waals surface area contributed by atoms with E-state index < -0.39 is 109 Å². The zero-order valence-electron chi connectivity index (χ0n) is 36.4. The molecule has 2 heterocycles. The lowest BCUT2D eigenvalue weighted by Gasteiger charge is -2.32. The summed E-state index contributed by atoms with van der Waals surface area (Å²) in [5.74, 6) is -5.89. The molecule has 2 aliphatic rings. The van der Waals surface area contributed by atoms with Gasteiger partial charge in [0.25, 0.3) is 0 Å². The molecule has 1 aromatic rings. The number of nitrogens with one attached hydrogen (secondary N) is 6. The number of benzene rings is 1. The number of carbonyl (C=O) groups excluding carboxylic acids is 8. The first-order chi connectivity index (χ1) is 28.5. The van der Waals surface area contributed by atoms with Crippen molar-refractivity contribution in [3.8, 4) is 5.75 Å².